The van der Waals surface area contributed by atoms with Crippen LogP contribution in [0, 0.1) is 10.6 Å². The quantitative estimate of drug-likeness (QED) is 0.120. The van der Waals surface area contributed by atoms with E-state index in [1.165, 1.54) is 0 Å². The first-order valence-electron chi connectivity index (χ1n) is 13.5. The Labute approximate surface area is 227 Å². The van der Waals surface area contributed by atoms with Gasteiger partial charge in [-0.15, -0.1) is 0 Å². The van der Waals surface area contributed by atoms with Crippen molar-refractivity contribution in [1.82, 2.24) is 9.96 Å². The third-order valence-electron chi connectivity index (χ3n) is 8.01. The SMILES string of the molecule is CCOC(=O)c1cc(C[N+]2([O-])c3cc(C(=N)N)ccc3CC2C(=O)NC2CCC(N)CC2)c2ccccc2c1. The fourth-order valence-corrected chi connectivity index (χ4v) is 5.92. The number of nitrogens with one attached hydrogen (secondary N) is 2. The van der Waals surface area contributed by atoms with Gasteiger partial charge in [-0.1, -0.05) is 36.4 Å². The van der Waals surface area contributed by atoms with Crippen molar-refractivity contribution in [3.8, 4) is 0 Å². The van der Waals surface area contributed by atoms with Crippen molar-refractivity contribution in [2.75, 3.05) is 6.61 Å². The Bertz CT molecular complexity index is 1430. The lowest BCUT2D eigenvalue weighted by Gasteiger charge is -2.44. The second-order valence-electron chi connectivity index (χ2n) is 10.6. The molecule has 39 heavy (non-hydrogen) atoms. The van der Waals surface area contributed by atoms with Crippen molar-refractivity contribution in [2.45, 2.75) is 63.7 Å². The summed E-state index contributed by atoms with van der Waals surface area (Å²) in [5.41, 5.74) is 14.4. The van der Waals surface area contributed by atoms with Crippen molar-refractivity contribution in [3.05, 3.63) is 82.1 Å². The van der Waals surface area contributed by atoms with E-state index in [2.05, 4.69) is 5.32 Å². The zero-order chi connectivity index (χ0) is 27.7. The van der Waals surface area contributed by atoms with Crippen molar-refractivity contribution >= 4 is 34.2 Å². The highest BCUT2D eigenvalue weighted by Crippen LogP contribution is 2.42. The lowest BCUT2D eigenvalue weighted by atomic mass is 9.91. The fraction of sp³-hybridized carbons (Fsp3) is 0.367. The molecule has 5 rings (SSSR count). The Balaban J connectivity index is 1.57. The number of carbonyl (C=O) groups excluding carboxylic acids is 2. The molecular formula is C30H35N5O4. The Morgan fingerprint density at radius 2 is 1.82 bits per heavy atom. The number of nitrogens with two attached hydrogens (primary N) is 2. The minimum absolute atomic E-state index is 0.0183. The molecule has 2 unspecified atom stereocenters. The van der Waals surface area contributed by atoms with E-state index in [0.717, 1.165) is 42.0 Å². The van der Waals surface area contributed by atoms with Crippen LogP contribution >= 0.6 is 0 Å². The molecule has 9 nitrogen and oxygen atoms in total. The first kappa shape index (κ1) is 26.8. The molecule has 1 aliphatic heterocycles. The fourth-order valence-electron chi connectivity index (χ4n) is 5.92. The van der Waals surface area contributed by atoms with Crippen LogP contribution in [-0.2, 0) is 22.5 Å². The molecule has 1 aliphatic carbocycles. The van der Waals surface area contributed by atoms with Gasteiger partial charge in [0.25, 0.3) is 5.91 Å². The van der Waals surface area contributed by atoms with Crippen LogP contribution in [0.15, 0.2) is 54.6 Å². The van der Waals surface area contributed by atoms with Crippen LogP contribution < -0.4 is 21.4 Å². The standard InChI is InChI=1S/C30H35N5O4/c1-2-39-30(37)21-13-18-5-3-4-6-25(18)22(14-21)17-35(38)26-16-20(28(32)33)8-7-19(26)15-27(35)29(36)34-24-11-9-23(31)10-12-24/h3-8,13-14,16,23-24,27H,2,9-12,15,17,31H2,1H3,(H3,32,33)(H,34,36). The maximum absolute atomic E-state index is 15.0. The van der Waals surface area contributed by atoms with Gasteiger partial charge in [-0.3, -0.25) is 10.2 Å². The molecule has 6 N–H and O–H groups in total. The van der Waals surface area contributed by atoms with Gasteiger partial charge in [-0.05, 0) is 55.5 Å². The second-order valence-corrected chi connectivity index (χ2v) is 10.6. The summed E-state index contributed by atoms with van der Waals surface area (Å²) in [5, 5.41) is 27.7. The summed E-state index contributed by atoms with van der Waals surface area (Å²) in [4.78, 5) is 26.4. The lowest BCUT2D eigenvalue weighted by molar-refractivity contribution is -0.126. The number of carbonyl (C=O) groups is 2. The molecule has 0 radical (unpaired) electrons. The summed E-state index contributed by atoms with van der Waals surface area (Å²) in [7, 11) is 0. The number of fused-ring (bicyclic) bond motifs is 2. The first-order valence-corrected chi connectivity index (χ1v) is 13.5. The number of benzene rings is 3. The maximum Gasteiger partial charge on any atom is 0.338 e. The van der Waals surface area contributed by atoms with E-state index in [4.69, 9.17) is 21.6 Å². The molecule has 1 fully saturated rings. The predicted molar refractivity (Wildman–Crippen MR) is 152 cm³/mol. The highest BCUT2D eigenvalue weighted by molar-refractivity contribution is 5.98. The predicted octanol–water partition coefficient (Wildman–Crippen LogP) is 3.62. The molecule has 0 spiro atoms. The molecule has 1 saturated carbocycles. The van der Waals surface area contributed by atoms with Crippen LogP contribution in [0.4, 0.5) is 5.69 Å². The molecule has 3 aromatic carbocycles. The maximum atomic E-state index is 15.0. The minimum Gasteiger partial charge on any atom is -0.627 e. The van der Waals surface area contributed by atoms with Gasteiger partial charge < -0.3 is 31.4 Å². The van der Waals surface area contributed by atoms with E-state index in [0.29, 0.717) is 22.4 Å². The molecule has 0 aromatic heterocycles. The van der Waals surface area contributed by atoms with E-state index in [-0.39, 0.29) is 43.4 Å². The third-order valence-corrected chi connectivity index (χ3v) is 8.01. The monoisotopic (exact) mass is 529 g/mol. The molecule has 1 amide bonds. The van der Waals surface area contributed by atoms with Gasteiger partial charge in [-0.2, -0.15) is 0 Å². The highest BCUT2D eigenvalue weighted by Gasteiger charge is 2.46. The molecule has 1 heterocycles. The first-order chi connectivity index (χ1) is 18.7. The zero-order valence-corrected chi connectivity index (χ0v) is 22.1. The summed E-state index contributed by atoms with van der Waals surface area (Å²) >= 11 is 0. The number of quaternary nitrogens is 1. The van der Waals surface area contributed by atoms with Crippen LogP contribution in [0.2, 0.25) is 0 Å². The molecule has 9 heteroatoms. The van der Waals surface area contributed by atoms with Gasteiger partial charge in [0.15, 0.2) is 6.04 Å². The van der Waals surface area contributed by atoms with E-state index in [1.807, 2.05) is 24.3 Å². The number of esters is 1. The van der Waals surface area contributed by atoms with Crippen LogP contribution in [0.5, 0.6) is 0 Å². The smallest absolute Gasteiger partial charge is 0.338 e. The van der Waals surface area contributed by atoms with Crippen LogP contribution in [0.3, 0.4) is 0 Å². The largest absolute Gasteiger partial charge is 0.627 e. The number of ether oxygens (including phenoxy) is 1. The Hall–Kier alpha value is -3.79. The van der Waals surface area contributed by atoms with Crippen molar-refractivity contribution in [3.63, 3.8) is 0 Å². The number of amides is 1. The number of hydrogen-bond acceptors (Lipinski definition) is 6. The van der Waals surface area contributed by atoms with Gasteiger partial charge in [0.05, 0.1) is 12.2 Å². The number of rotatable bonds is 7. The summed E-state index contributed by atoms with van der Waals surface area (Å²) in [6.07, 6.45) is 3.51. The van der Waals surface area contributed by atoms with E-state index >= 15 is 5.21 Å². The van der Waals surface area contributed by atoms with E-state index < -0.39 is 16.7 Å². The number of hydroxylamine groups is 2. The van der Waals surface area contributed by atoms with Gasteiger partial charge in [0.1, 0.15) is 18.1 Å². The average Bonchev–Trinajstić information content (AvgIpc) is 3.21. The summed E-state index contributed by atoms with van der Waals surface area (Å²) < 4.78 is 4.30. The van der Waals surface area contributed by atoms with Crippen LogP contribution in [-0.4, -0.2) is 42.4 Å². The Morgan fingerprint density at radius 1 is 1.08 bits per heavy atom. The molecule has 0 saturated heterocycles. The van der Waals surface area contributed by atoms with Crippen molar-refractivity contribution in [1.29, 1.82) is 5.41 Å². The summed E-state index contributed by atoms with van der Waals surface area (Å²) in [5.74, 6) is -0.908. The molecular weight excluding hydrogens is 494 g/mol. The van der Waals surface area contributed by atoms with Gasteiger partial charge >= 0.3 is 5.97 Å². The van der Waals surface area contributed by atoms with Crippen molar-refractivity contribution in [2.24, 2.45) is 11.5 Å². The zero-order valence-electron chi connectivity index (χ0n) is 22.1. The van der Waals surface area contributed by atoms with Crippen molar-refractivity contribution < 1.29 is 14.3 Å². The van der Waals surface area contributed by atoms with Gasteiger partial charge in [0, 0.05) is 41.3 Å². The molecule has 2 aliphatic rings. The average molecular weight is 530 g/mol. The van der Waals surface area contributed by atoms with E-state index in [9.17, 15) is 9.59 Å². The summed E-state index contributed by atoms with van der Waals surface area (Å²) in [6, 6.07) is 15.4. The number of amidine groups is 1. The second kappa shape index (κ2) is 10.8. The number of nitrogen functional groups attached to an aromatic ring is 1. The topological polar surface area (TPSA) is 154 Å². The highest BCUT2D eigenvalue weighted by atomic mass is 16.6. The molecule has 204 valence electrons. The van der Waals surface area contributed by atoms with Crippen LogP contribution in [0.1, 0.15) is 59.7 Å². The third kappa shape index (κ3) is 5.25. The molecule has 0 bridgehead atoms. The number of hydrogen-bond donors (Lipinski definition) is 4. The van der Waals surface area contributed by atoms with Gasteiger partial charge in [-0.25, -0.2) is 4.79 Å². The van der Waals surface area contributed by atoms with Gasteiger partial charge in [0.2, 0.25) is 0 Å². The van der Waals surface area contributed by atoms with E-state index in [1.54, 1.807) is 37.3 Å². The Kier molecular flexibility index (Phi) is 7.40. The lowest BCUT2D eigenvalue weighted by Crippen LogP contribution is -2.57. The minimum atomic E-state index is -0.940. The Morgan fingerprint density at radius 3 is 2.54 bits per heavy atom. The normalized spacial score (nSPS) is 24.2. The summed E-state index contributed by atoms with van der Waals surface area (Å²) in [6.45, 7) is 1.91. The molecule has 2 atom stereocenters. The molecule has 3 aromatic rings. The number of nitrogens with zero attached hydrogens (tertiary/aromatic N) is 1. The van der Waals surface area contributed by atoms with Crippen LogP contribution in [0.25, 0.3) is 10.8 Å².